The van der Waals surface area contributed by atoms with Crippen LogP contribution >= 0.6 is 11.6 Å². The van der Waals surface area contributed by atoms with Crippen molar-refractivity contribution >= 4 is 23.3 Å². The van der Waals surface area contributed by atoms with Crippen LogP contribution in [0.5, 0.6) is 0 Å². The van der Waals surface area contributed by atoms with Gasteiger partial charge in [-0.05, 0) is 18.6 Å². The Kier molecular flexibility index (Phi) is 3.84. The first-order chi connectivity index (χ1) is 8.66. The van der Waals surface area contributed by atoms with Crippen molar-refractivity contribution < 1.29 is 4.79 Å². The Bertz CT molecular complexity index is 524. The van der Waals surface area contributed by atoms with E-state index in [0.29, 0.717) is 0 Å². The van der Waals surface area contributed by atoms with Gasteiger partial charge in [0.1, 0.15) is 0 Å². The molecule has 0 aromatic carbocycles. The molecular weight excluding hydrogens is 252 g/mol. The zero-order valence-electron chi connectivity index (χ0n) is 9.72. The molecule has 0 aliphatic heterocycles. The number of carbonyl (C=O) groups is 1. The van der Waals surface area contributed by atoms with Gasteiger partial charge in [0.2, 0.25) is 5.91 Å². The van der Waals surface area contributed by atoms with E-state index in [2.05, 4.69) is 20.3 Å². The molecule has 2 aromatic heterocycles. The van der Waals surface area contributed by atoms with Crippen molar-refractivity contribution in [1.29, 1.82) is 0 Å². The van der Waals surface area contributed by atoms with Crippen molar-refractivity contribution in [2.75, 3.05) is 5.32 Å². The topological polar surface area (TPSA) is 67.8 Å². The Labute approximate surface area is 109 Å². The number of aromatic nitrogens is 3. The highest BCUT2D eigenvalue weighted by Crippen LogP contribution is 2.14. The van der Waals surface area contributed by atoms with Crippen molar-refractivity contribution in [2.24, 2.45) is 0 Å². The van der Waals surface area contributed by atoms with Gasteiger partial charge in [-0.2, -0.15) is 0 Å². The lowest BCUT2D eigenvalue weighted by atomic mass is 10.1. The number of rotatable bonds is 3. The smallest absolute Gasteiger partial charge is 0.231 e. The van der Waals surface area contributed by atoms with Crippen LogP contribution in [0.2, 0.25) is 5.15 Å². The second kappa shape index (κ2) is 5.55. The van der Waals surface area contributed by atoms with Gasteiger partial charge in [0.15, 0.2) is 11.0 Å². The summed E-state index contributed by atoms with van der Waals surface area (Å²) in [4.78, 5) is 23.7. The first kappa shape index (κ1) is 12.4. The van der Waals surface area contributed by atoms with Crippen LogP contribution in [0.15, 0.2) is 30.7 Å². The summed E-state index contributed by atoms with van der Waals surface area (Å²) in [6.07, 6.45) is 4.76. The van der Waals surface area contributed by atoms with E-state index in [0.717, 1.165) is 11.3 Å². The van der Waals surface area contributed by atoms with Crippen LogP contribution in [0, 0.1) is 6.92 Å². The highest BCUT2D eigenvalue weighted by Gasteiger charge is 2.10. The molecule has 0 fully saturated rings. The van der Waals surface area contributed by atoms with Crippen molar-refractivity contribution in [3.63, 3.8) is 0 Å². The molecule has 2 rings (SSSR count). The number of halogens is 1. The molecule has 0 radical (unpaired) electrons. The third-order valence-electron chi connectivity index (χ3n) is 2.36. The fraction of sp³-hybridized carbons (Fsp3) is 0.167. The van der Waals surface area contributed by atoms with Gasteiger partial charge in [-0.25, -0.2) is 9.97 Å². The fourth-order valence-electron chi connectivity index (χ4n) is 1.44. The standard InChI is InChI=1S/C12H11ClN4O/c1-8-3-2-4-14-9(8)7-10(18)17-12-11(13)15-5-6-16-12/h2-6H,7H2,1H3,(H,16,17,18). The predicted molar refractivity (Wildman–Crippen MR) is 68.3 cm³/mol. The van der Waals surface area contributed by atoms with Crippen LogP contribution in [0.1, 0.15) is 11.3 Å². The number of carbonyl (C=O) groups excluding carboxylic acids is 1. The number of pyridine rings is 1. The summed E-state index contributed by atoms with van der Waals surface area (Å²) < 4.78 is 0. The fourth-order valence-corrected chi connectivity index (χ4v) is 1.59. The maximum absolute atomic E-state index is 11.8. The molecular formula is C12H11ClN4O. The molecule has 0 saturated carbocycles. The third kappa shape index (κ3) is 3.01. The molecule has 0 spiro atoms. The molecule has 18 heavy (non-hydrogen) atoms. The lowest BCUT2D eigenvalue weighted by Crippen LogP contribution is -2.17. The van der Waals surface area contributed by atoms with E-state index in [9.17, 15) is 4.79 Å². The van der Waals surface area contributed by atoms with E-state index >= 15 is 0 Å². The molecule has 6 heteroatoms. The molecule has 0 aliphatic carbocycles. The molecule has 0 bridgehead atoms. The van der Waals surface area contributed by atoms with Crippen LogP contribution in [0.4, 0.5) is 5.82 Å². The number of nitrogens with one attached hydrogen (secondary N) is 1. The van der Waals surface area contributed by atoms with Crippen molar-refractivity contribution in [1.82, 2.24) is 15.0 Å². The van der Waals surface area contributed by atoms with Crippen LogP contribution in [-0.4, -0.2) is 20.9 Å². The number of nitrogens with zero attached hydrogens (tertiary/aromatic N) is 3. The van der Waals surface area contributed by atoms with E-state index in [-0.39, 0.29) is 23.3 Å². The van der Waals surface area contributed by atoms with Gasteiger partial charge in [0.25, 0.3) is 0 Å². The van der Waals surface area contributed by atoms with Crippen molar-refractivity contribution in [3.05, 3.63) is 47.1 Å². The Morgan fingerprint density at radius 1 is 1.28 bits per heavy atom. The van der Waals surface area contributed by atoms with Gasteiger partial charge < -0.3 is 5.32 Å². The maximum atomic E-state index is 11.8. The third-order valence-corrected chi connectivity index (χ3v) is 2.63. The number of hydrogen-bond donors (Lipinski definition) is 1. The van der Waals surface area contributed by atoms with Gasteiger partial charge in [0.05, 0.1) is 12.1 Å². The van der Waals surface area contributed by atoms with Crippen LogP contribution in [0.3, 0.4) is 0 Å². The van der Waals surface area contributed by atoms with Crippen molar-refractivity contribution in [2.45, 2.75) is 13.3 Å². The number of aryl methyl sites for hydroxylation is 1. The predicted octanol–water partition coefficient (Wildman–Crippen LogP) is 2.01. The average molecular weight is 263 g/mol. The van der Waals surface area contributed by atoms with Gasteiger partial charge in [-0.3, -0.25) is 9.78 Å². The highest BCUT2D eigenvalue weighted by molar-refractivity contribution is 6.32. The second-order valence-corrected chi connectivity index (χ2v) is 4.05. The summed E-state index contributed by atoms with van der Waals surface area (Å²) in [5, 5.41) is 2.77. The minimum absolute atomic E-state index is 0.170. The van der Waals surface area contributed by atoms with E-state index in [1.807, 2.05) is 19.1 Å². The average Bonchev–Trinajstić information content (AvgIpc) is 2.35. The molecule has 0 unspecified atom stereocenters. The first-order valence-corrected chi connectivity index (χ1v) is 5.71. The zero-order chi connectivity index (χ0) is 13.0. The molecule has 92 valence electrons. The summed E-state index contributed by atoms with van der Waals surface area (Å²) in [6.45, 7) is 1.91. The molecule has 5 nitrogen and oxygen atoms in total. The number of hydrogen-bond acceptors (Lipinski definition) is 4. The maximum Gasteiger partial charge on any atom is 0.231 e. The molecule has 0 aliphatic rings. The Balaban J connectivity index is 2.06. The van der Waals surface area contributed by atoms with E-state index in [4.69, 9.17) is 11.6 Å². The molecule has 1 N–H and O–H groups in total. The summed E-state index contributed by atoms with van der Waals surface area (Å²) >= 11 is 5.80. The lowest BCUT2D eigenvalue weighted by Gasteiger charge is -2.06. The molecule has 0 saturated heterocycles. The largest absolute Gasteiger partial charge is 0.308 e. The van der Waals surface area contributed by atoms with E-state index < -0.39 is 0 Å². The summed E-state index contributed by atoms with van der Waals surface area (Å²) in [5.74, 6) is 0.0388. The minimum Gasteiger partial charge on any atom is -0.308 e. The summed E-state index contributed by atoms with van der Waals surface area (Å²) in [7, 11) is 0. The van der Waals surface area contributed by atoms with Gasteiger partial charge in [-0.1, -0.05) is 17.7 Å². The molecule has 2 aromatic rings. The van der Waals surface area contributed by atoms with Gasteiger partial charge in [-0.15, -0.1) is 0 Å². The Hall–Kier alpha value is -2.01. The highest BCUT2D eigenvalue weighted by atomic mass is 35.5. The van der Waals surface area contributed by atoms with Gasteiger partial charge in [0, 0.05) is 18.6 Å². The molecule has 2 heterocycles. The van der Waals surface area contributed by atoms with Crippen LogP contribution in [-0.2, 0) is 11.2 Å². The molecule has 1 amide bonds. The first-order valence-electron chi connectivity index (χ1n) is 5.33. The zero-order valence-corrected chi connectivity index (χ0v) is 10.5. The van der Waals surface area contributed by atoms with Crippen LogP contribution in [0.25, 0.3) is 0 Å². The lowest BCUT2D eigenvalue weighted by molar-refractivity contribution is -0.115. The van der Waals surface area contributed by atoms with E-state index in [1.54, 1.807) is 6.20 Å². The SMILES string of the molecule is Cc1cccnc1CC(=O)Nc1nccnc1Cl. The minimum atomic E-state index is -0.223. The normalized spacial score (nSPS) is 10.1. The van der Waals surface area contributed by atoms with Gasteiger partial charge >= 0.3 is 0 Å². The summed E-state index contributed by atoms with van der Waals surface area (Å²) in [6, 6.07) is 3.74. The molecule has 0 atom stereocenters. The van der Waals surface area contributed by atoms with Crippen molar-refractivity contribution in [3.8, 4) is 0 Å². The van der Waals surface area contributed by atoms with Crippen LogP contribution < -0.4 is 5.32 Å². The quantitative estimate of drug-likeness (QED) is 0.919. The summed E-state index contributed by atoms with van der Waals surface area (Å²) in [5.41, 5.74) is 1.70. The number of anilines is 1. The second-order valence-electron chi connectivity index (χ2n) is 3.69. The monoisotopic (exact) mass is 262 g/mol. The number of amides is 1. The Morgan fingerprint density at radius 3 is 2.78 bits per heavy atom. The van der Waals surface area contributed by atoms with E-state index in [1.165, 1.54) is 12.4 Å². The Morgan fingerprint density at radius 2 is 2.06 bits per heavy atom.